The summed E-state index contributed by atoms with van der Waals surface area (Å²) < 4.78 is 1.99. The van der Waals surface area contributed by atoms with Gasteiger partial charge in [-0.1, -0.05) is 31.5 Å². The predicted octanol–water partition coefficient (Wildman–Crippen LogP) is 3.95. The van der Waals surface area contributed by atoms with Crippen LogP contribution in [0.4, 0.5) is 0 Å². The lowest BCUT2D eigenvalue weighted by atomic mass is 10.1. The lowest BCUT2D eigenvalue weighted by Gasteiger charge is -2.15. The molecule has 1 heterocycles. The Kier molecular flexibility index (Phi) is 4.51. The van der Waals surface area contributed by atoms with Crippen molar-refractivity contribution in [2.24, 2.45) is 0 Å². The van der Waals surface area contributed by atoms with Crippen molar-refractivity contribution in [1.29, 1.82) is 0 Å². The van der Waals surface area contributed by atoms with Crippen molar-refractivity contribution in [3.63, 3.8) is 0 Å². The van der Waals surface area contributed by atoms with E-state index in [4.69, 9.17) is 11.6 Å². The first-order valence-electron chi connectivity index (χ1n) is 6.95. The number of aromatic nitrogens is 2. The summed E-state index contributed by atoms with van der Waals surface area (Å²) >= 11 is 6.38. The molecule has 1 aromatic carbocycles. The highest BCUT2D eigenvalue weighted by atomic mass is 35.5. The highest BCUT2D eigenvalue weighted by Crippen LogP contribution is 2.25. The number of halogens is 1. The monoisotopic (exact) mass is 291 g/mol. The Morgan fingerprint density at radius 2 is 1.95 bits per heavy atom. The molecule has 0 radical (unpaired) electrons. The number of aryl methyl sites for hydroxylation is 1. The zero-order valence-electron chi connectivity index (χ0n) is 12.8. The summed E-state index contributed by atoms with van der Waals surface area (Å²) in [5.41, 5.74) is 5.60. The minimum atomic E-state index is 0.418. The molecule has 108 valence electrons. The molecule has 0 saturated heterocycles. The number of nitrogens with zero attached hydrogens (tertiary/aromatic N) is 2. The molecular weight excluding hydrogens is 270 g/mol. The van der Waals surface area contributed by atoms with E-state index < -0.39 is 0 Å². The number of rotatable bonds is 4. The molecular formula is C16H22ClN3. The van der Waals surface area contributed by atoms with Crippen LogP contribution in [0.3, 0.4) is 0 Å². The Balaban J connectivity index is 2.50. The van der Waals surface area contributed by atoms with Crippen LogP contribution in [0.15, 0.2) is 18.2 Å². The first-order chi connectivity index (χ1) is 9.41. The Hall–Kier alpha value is -1.32. The van der Waals surface area contributed by atoms with E-state index in [1.807, 2.05) is 23.7 Å². The Morgan fingerprint density at radius 1 is 1.25 bits per heavy atom. The summed E-state index contributed by atoms with van der Waals surface area (Å²) in [7, 11) is 0. The van der Waals surface area contributed by atoms with Crippen molar-refractivity contribution >= 4 is 11.6 Å². The summed E-state index contributed by atoms with van der Waals surface area (Å²) in [5.74, 6) is 0. The maximum atomic E-state index is 6.38. The van der Waals surface area contributed by atoms with Crippen molar-refractivity contribution in [3.8, 4) is 5.69 Å². The van der Waals surface area contributed by atoms with E-state index in [1.165, 1.54) is 5.56 Å². The molecule has 3 nitrogen and oxygen atoms in total. The van der Waals surface area contributed by atoms with Crippen molar-refractivity contribution in [1.82, 2.24) is 15.1 Å². The first kappa shape index (κ1) is 15.1. The molecule has 0 bridgehead atoms. The van der Waals surface area contributed by atoms with Gasteiger partial charge in [-0.05, 0) is 38.5 Å². The van der Waals surface area contributed by atoms with E-state index in [9.17, 15) is 0 Å². The Morgan fingerprint density at radius 3 is 2.50 bits per heavy atom. The third kappa shape index (κ3) is 2.89. The van der Waals surface area contributed by atoms with E-state index >= 15 is 0 Å². The largest absolute Gasteiger partial charge is 0.310 e. The molecule has 1 aromatic heterocycles. The fraction of sp³-hybridized carbons (Fsp3) is 0.438. The van der Waals surface area contributed by atoms with Crippen LogP contribution in [0.25, 0.3) is 5.69 Å². The molecule has 4 heteroatoms. The lowest BCUT2D eigenvalue weighted by Crippen LogP contribution is -2.23. The van der Waals surface area contributed by atoms with Crippen LogP contribution in [0, 0.1) is 20.8 Å². The molecule has 0 spiro atoms. The summed E-state index contributed by atoms with van der Waals surface area (Å²) in [6.07, 6.45) is 0. The van der Waals surface area contributed by atoms with E-state index in [0.29, 0.717) is 6.04 Å². The number of nitrogens with one attached hydrogen (secondary N) is 1. The molecule has 2 rings (SSSR count). The molecule has 20 heavy (non-hydrogen) atoms. The van der Waals surface area contributed by atoms with Gasteiger partial charge in [0.05, 0.1) is 11.4 Å². The minimum Gasteiger partial charge on any atom is -0.310 e. The molecule has 0 aliphatic heterocycles. The second kappa shape index (κ2) is 5.98. The van der Waals surface area contributed by atoms with Crippen LogP contribution in [0.2, 0.25) is 5.02 Å². The highest BCUT2D eigenvalue weighted by molar-refractivity contribution is 6.31. The molecule has 0 aliphatic carbocycles. The fourth-order valence-corrected chi connectivity index (χ4v) is 2.42. The van der Waals surface area contributed by atoms with Gasteiger partial charge in [0.15, 0.2) is 0 Å². The topological polar surface area (TPSA) is 29.9 Å². The number of benzene rings is 1. The third-order valence-corrected chi connectivity index (χ3v) is 4.02. The van der Waals surface area contributed by atoms with Gasteiger partial charge in [-0.3, -0.25) is 0 Å². The van der Waals surface area contributed by atoms with Crippen LogP contribution in [-0.2, 0) is 6.54 Å². The van der Waals surface area contributed by atoms with Gasteiger partial charge in [0.25, 0.3) is 0 Å². The minimum absolute atomic E-state index is 0.418. The van der Waals surface area contributed by atoms with Crippen molar-refractivity contribution < 1.29 is 0 Å². The van der Waals surface area contributed by atoms with Gasteiger partial charge in [0.1, 0.15) is 0 Å². The molecule has 0 amide bonds. The van der Waals surface area contributed by atoms with E-state index in [2.05, 4.69) is 44.2 Å². The third-order valence-electron chi connectivity index (χ3n) is 3.66. The van der Waals surface area contributed by atoms with Gasteiger partial charge in [-0.2, -0.15) is 5.10 Å². The van der Waals surface area contributed by atoms with Crippen LogP contribution in [-0.4, -0.2) is 15.8 Å². The average Bonchev–Trinajstić information content (AvgIpc) is 2.64. The summed E-state index contributed by atoms with van der Waals surface area (Å²) in [5, 5.41) is 8.85. The maximum Gasteiger partial charge on any atom is 0.0708 e. The summed E-state index contributed by atoms with van der Waals surface area (Å²) in [6.45, 7) is 11.2. The quantitative estimate of drug-likeness (QED) is 0.924. The van der Waals surface area contributed by atoms with Gasteiger partial charge in [0.2, 0.25) is 0 Å². The van der Waals surface area contributed by atoms with Gasteiger partial charge < -0.3 is 5.32 Å². The van der Waals surface area contributed by atoms with Crippen molar-refractivity contribution in [3.05, 3.63) is 45.7 Å². The van der Waals surface area contributed by atoms with Crippen LogP contribution in [0.5, 0.6) is 0 Å². The molecule has 2 aromatic rings. The standard InChI is InChI=1S/C16H22ClN3/c1-10(2)18-9-14-15(17)7-6-8-16(14)20-13(5)11(3)12(4)19-20/h6-8,10,18H,9H2,1-5H3. The van der Waals surface area contributed by atoms with Gasteiger partial charge in [-0.25, -0.2) is 4.68 Å². The van der Waals surface area contributed by atoms with Crippen LogP contribution in [0.1, 0.15) is 36.4 Å². The Bertz CT molecular complexity index is 614. The zero-order valence-corrected chi connectivity index (χ0v) is 13.5. The maximum absolute atomic E-state index is 6.38. The van der Waals surface area contributed by atoms with Crippen molar-refractivity contribution in [2.75, 3.05) is 0 Å². The molecule has 0 unspecified atom stereocenters. The second-order valence-electron chi connectivity index (χ2n) is 5.48. The first-order valence-corrected chi connectivity index (χ1v) is 7.33. The van der Waals surface area contributed by atoms with Gasteiger partial charge in [-0.15, -0.1) is 0 Å². The highest BCUT2D eigenvalue weighted by Gasteiger charge is 2.14. The molecule has 1 N–H and O–H groups in total. The molecule has 0 aliphatic rings. The van der Waals surface area contributed by atoms with E-state index in [0.717, 1.165) is 34.2 Å². The van der Waals surface area contributed by atoms with Crippen LogP contribution >= 0.6 is 11.6 Å². The molecule has 0 atom stereocenters. The molecule has 0 fully saturated rings. The smallest absolute Gasteiger partial charge is 0.0708 e. The Labute approximate surface area is 126 Å². The fourth-order valence-electron chi connectivity index (χ4n) is 2.18. The van der Waals surface area contributed by atoms with Crippen LogP contribution < -0.4 is 5.32 Å². The normalized spacial score (nSPS) is 11.3. The second-order valence-corrected chi connectivity index (χ2v) is 5.89. The number of hydrogen-bond donors (Lipinski definition) is 1. The van der Waals surface area contributed by atoms with E-state index in [-0.39, 0.29) is 0 Å². The summed E-state index contributed by atoms with van der Waals surface area (Å²) in [4.78, 5) is 0. The average molecular weight is 292 g/mol. The zero-order chi connectivity index (χ0) is 14.9. The molecule has 0 saturated carbocycles. The lowest BCUT2D eigenvalue weighted by molar-refractivity contribution is 0.586. The SMILES string of the molecule is Cc1nn(-c2cccc(Cl)c2CNC(C)C)c(C)c1C. The van der Waals surface area contributed by atoms with Gasteiger partial charge in [0, 0.05) is 28.9 Å². The van der Waals surface area contributed by atoms with Crippen molar-refractivity contribution in [2.45, 2.75) is 47.2 Å². The van der Waals surface area contributed by atoms with E-state index in [1.54, 1.807) is 0 Å². The summed E-state index contributed by atoms with van der Waals surface area (Å²) in [6, 6.07) is 6.40. The van der Waals surface area contributed by atoms with Gasteiger partial charge >= 0.3 is 0 Å². The predicted molar refractivity (Wildman–Crippen MR) is 84.8 cm³/mol. The number of hydrogen-bond acceptors (Lipinski definition) is 2.